The van der Waals surface area contributed by atoms with E-state index in [1.54, 1.807) is 36.4 Å². The monoisotopic (exact) mass is 534 g/mol. The van der Waals surface area contributed by atoms with Crippen molar-refractivity contribution in [2.45, 2.75) is 40.5 Å². The summed E-state index contributed by atoms with van der Waals surface area (Å²) in [5.41, 5.74) is 2.81. The Labute approximate surface area is 214 Å². The van der Waals surface area contributed by atoms with Crippen LogP contribution in [-0.4, -0.2) is 52.1 Å². The molecule has 0 unspecified atom stereocenters. The third-order valence-electron chi connectivity index (χ3n) is 6.58. The lowest BCUT2D eigenvalue weighted by Crippen LogP contribution is -2.22. The van der Waals surface area contributed by atoms with Gasteiger partial charge >= 0.3 is 0 Å². The third-order valence-corrected chi connectivity index (χ3v) is 8.58. The van der Waals surface area contributed by atoms with Crippen LogP contribution in [0.2, 0.25) is 0 Å². The Kier molecular flexibility index (Phi) is 8.66. The van der Waals surface area contributed by atoms with Crippen LogP contribution >= 0.6 is 0 Å². The van der Waals surface area contributed by atoms with Crippen molar-refractivity contribution < 1.29 is 25.9 Å². The first-order chi connectivity index (χ1) is 17.0. The average Bonchev–Trinajstić information content (AvgIpc) is 2.84. The highest BCUT2D eigenvalue weighted by Gasteiger charge is 2.35. The van der Waals surface area contributed by atoms with E-state index >= 15 is 0 Å². The lowest BCUT2D eigenvalue weighted by atomic mass is 9.90. The summed E-state index contributed by atoms with van der Waals surface area (Å²) in [7, 11) is -9.59. The van der Waals surface area contributed by atoms with Crippen LogP contribution in [0.1, 0.15) is 51.7 Å². The summed E-state index contributed by atoms with van der Waals surface area (Å²) in [6, 6.07) is 14.1. The number of benzene rings is 2. The number of hydrogen-bond acceptors (Lipinski definition) is 6. The molecule has 0 heterocycles. The lowest BCUT2D eigenvalue weighted by Gasteiger charge is -2.26. The van der Waals surface area contributed by atoms with E-state index in [9.17, 15) is 25.9 Å². The van der Waals surface area contributed by atoms with Crippen LogP contribution in [0.3, 0.4) is 0 Å². The van der Waals surface area contributed by atoms with Gasteiger partial charge in [-0.1, -0.05) is 24.3 Å². The number of anilines is 2. The fourth-order valence-electron chi connectivity index (χ4n) is 4.75. The van der Waals surface area contributed by atoms with Gasteiger partial charge in [-0.15, -0.1) is 0 Å². The van der Waals surface area contributed by atoms with Crippen LogP contribution in [0.15, 0.2) is 58.3 Å². The maximum Gasteiger partial charge on any atom is 0.295 e. The highest BCUT2D eigenvalue weighted by Crippen LogP contribution is 2.45. The standard InChI is InChI=1S/C26H34N2O6S2/c1-5-27(6-2)21-13-9-19(10-14-21)23-17-18-24(35(29,30)31)25(26(23)36(32,33)34)20-11-15-22(16-12-20)28(7-3)8-4/h9-16H,5-8,17-18H2,1-4H3,(H,29,30,31)(H,32,33,34). The Morgan fingerprint density at radius 2 is 1.06 bits per heavy atom. The molecule has 1 aliphatic rings. The van der Waals surface area contributed by atoms with Gasteiger partial charge in [0.05, 0.1) is 4.91 Å². The normalized spacial score (nSPS) is 14.8. The van der Waals surface area contributed by atoms with Crippen LogP contribution < -0.4 is 9.80 Å². The van der Waals surface area contributed by atoms with E-state index in [-0.39, 0.29) is 24.0 Å². The van der Waals surface area contributed by atoms with Gasteiger partial charge in [-0.25, -0.2) is 0 Å². The van der Waals surface area contributed by atoms with Crippen molar-refractivity contribution in [2.75, 3.05) is 36.0 Å². The second-order valence-corrected chi connectivity index (χ2v) is 11.3. The number of rotatable bonds is 10. The van der Waals surface area contributed by atoms with Crippen LogP contribution in [0, 0.1) is 0 Å². The maximum atomic E-state index is 12.7. The lowest BCUT2D eigenvalue weighted by molar-refractivity contribution is 0.489. The molecular weight excluding hydrogens is 500 g/mol. The zero-order chi connectivity index (χ0) is 26.7. The third kappa shape index (κ3) is 5.83. The SMILES string of the molecule is CCN(CC)c1ccc(C2=C(S(=O)(=O)O)C(c3ccc(N(CC)CC)cc3)=C(S(=O)(=O)O)CC2)cc1. The van der Waals surface area contributed by atoms with Crippen LogP contribution in [0.25, 0.3) is 11.1 Å². The Bertz CT molecular complexity index is 1350. The predicted octanol–water partition coefficient (Wildman–Crippen LogP) is 5.07. The Balaban J connectivity index is 2.26. The van der Waals surface area contributed by atoms with E-state index in [0.29, 0.717) is 11.1 Å². The van der Waals surface area contributed by atoms with Gasteiger partial charge in [0.15, 0.2) is 0 Å². The fourth-order valence-corrected chi connectivity index (χ4v) is 6.69. The molecule has 0 atom stereocenters. The second-order valence-electron chi connectivity index (χ2n) is 8.49. The molecule has 196 valence electrons. The molecule has 2 aromatic carbocycles. The zero-order valence-electron chi connectivity index (χ0n) is 21.1. The van der Waals surface area contributed by atoms with E-state index in [2.05, 4.69) is 9.80 Å². The molecular formula is C26H34N2O6S2. The first kappa shape index (κ1) is 27.9. The first-order valence-corrected chi connectivity index (χ1v) is 15.0. The zero-order valence-corrected chi connectivity index (χ0v) is 22.7. The molecule has 8 nitrogen and oxygen atoms in total. The topological polar surface area (TPSA) is 115 Å². The summed E-state index contributed by atoms with van der Waals surface area (Å²) >= 11 is 0. The summed E-state index contributed by atoms with van der Waals surface area (Å²) < 4.78 is 70.4. The van der Waals surface area contributed by atoms with Crippen molar-refractivity contribution in [3.8, 4) is 0 Å². The molecule has 0 spiro atoms. The molecule has 2 N–H and O–H groups in total. The summed E-state index contributed by atoms with van der Waals surface area (Å²) in [5, 5.41) is 0. The molecule has 2 aromatic rings. The molecule has 0 radical (unpaired) electrons. The number of allylic oxidation sites excluding steroid dienone is 3. The number of nitrogens with zero attached hydrogens (tertiary/aromatic N) is 2. The predicted molar refractivity (Wildman–Crippen MR) is 146 cm³/mol. The van der Waals surface area contributed by atoms with Crippen LogP contribution in [-0.2, 0) is 20.2 Å². The van der Waals surface area contributed by atoms with Gasteiger partial charge in [-0.3, -0.25) is 9.11 Å². The molecule has 0 fully saturated rings. The van der Waals surface area contributed by atoms with Gasteiger partial charge < -0.3 is 9.80 Å². The van der Waals surface area contributed by atoms with Crippen molar-refractivity contribution in [1.82, 2.24) is 0 Å². The largest absolute Gasteiger partial charge is 0.372 e. The van der Waals surface area contributed by atoms with Crippen LogP contribution in [0.5, 0.6) is 0 Å². The summed E-state index contributed by atoms with van der Waals surface area (Å²) in [4.78, 5) is 3.31. The summed E-state index contributed by atoms with van der Waals surface area (Å²) in [6.45, 7) is 11.2. The Morgan fingerprint density at radius 3 is 1.42 bits per heavy atom. The van der Waals surface area contributed by atoms with E-state index in [4.69, 9.17) is 0 Å². The molecule has 0 bridgehead atoms. The van der Waals surface area contributed by atoms with E-state index in [1.807, 2.05) is 39.8 Å². The minimum atomic E-state index is -4.86. The number of hydrogen-bond donors (Lipinski definition) is 2. The maximum absolute atomic E-state index is 12.7. The quantitative estimate of drug-likeness (QED) is 0.406. The first-order valence-electron chi connectivity index (χ1n) is 12.1. The molecule has 0 aliphatic heterocycles. The fraction of sp³-hybridized carbons (Fsp3) is 0.385. The van der Waals surface area contributed by atoms with Gasteiger partial charge in [0, 0.05) is 43.1 Å². The molecule has 0 aromatic heterocycles. The van der Waals surface area contributed by atoms with Gasteiger partial charge in [-0.2, -0.15) is 16.8 Å². The van der Waals surface area contributed by atoms with Gasteiger partial charge in [0.25, 0.3) is 20.2 Å². The van der Waals surface area contributed by atoms with Crippen molar-refractivity contribution in [3.05, 3.63) is 69.5 Å². The molecule has 0 saturated carbocycles. The Morgan fingerprint density at radius 1 is 0.639 bits per heavy atom. The van der Waals surface area contributed by atoms with Gasteiger partial charge in [-0.05, 0) is 81.5 Å². The van der Waals surface area contributed by atoms with Crippen LogP contribution in [0.4, 0.5) is 11.4 Å². The molecule has 10 heteroatoms. The van der Waals surface area contributed by atoms with E-state index in [1.165, 1.54) is 0 Å². The molecule has 36 heavy (non-hydrogen) atoms. The summed E-state index contributed by atoms with van der Waals surface area (Å²) in [5.74, 6) is 0. The summed E-state index contributed by atoms with van der Waals surface area (Å²) in [6.07, 6.45) is -0.0754. The minimum Gasteiger partial charge on any atom is -0.372 e. The highest BCUT2D eigenvalue weighted by atomic mass is 32.2. The van der Waals surface area contributed by atoms with Crippen molar-refractivity contribution >= 4 is 42.8 Å². The highest BCUT2D eigenvalue weighted by molar-refractivity contribution is 7.91. The van der Waals surface area contributed by atoms with Gasteiger partial charge in [0.1, 0.15) is 4.91 Å². The smallest absolute Gasteiger partial charge is 0.295 e. The van der Waals surface area contributed by atoms with Crippen molar-refractivity contribution in [3.63, 3.8) is 0 Å². The Hall–Kier alpha value is -2.66. The molecule has 0 saturated heterocycles. The average molecular weight is 535 g/mol. The second kappa shape index (κ2) is 11.2. The van der Waals surface area contributed by atoms with E-state index in [0.717, 1.165) is 37.6 Å². The molecule has 1 aliphatic carbocycles. The molecule has 3 rings (SSSR count). The van der Waals surface area contributed by atoms with E-state index < -0.39 is 30.0 Å². The molecule has 0 amide bonds. The van der Waals surface area contributed by atoms with Gasteiger partial charge in [0.2, 0.25) is 0 Å². The van der Waals surface area contributed by atoms with Crippen molar-refractivity contribution in [2.24, 2.45) is 0 Å². The minimum absolute atomic E-state index is 0.0237. The van der Waals surface area contributed by atoms with Crippen molar-refractivity contribution in [1.29, 1.82) is 0 Å².